The second kappa shape index (κ2) is 9.27. The molecular formula is C20H23FN4O3. The minimum absolute atomic E-state index is 0.229. The summed E-state index contributed by atoms with van der Waals surface area (Å²) < 4.78 is 18.9. The summed E-state index contributed by atoms with van der Waals surface area (Å²) in [6.07, 6.45) is 1.66. The number of hydrogen-bond acceptors (Lipinski definition) is 5. The molecule has 0 aliphatic carbocycles. The summed E-state index contributed by atoms with van der Waals surface area (Å²) in [5.41, 5.74) is 1.21. The van der Waals surface area contributed by atoms with Crippen LogP contribution in [0.1, 0.15) is 26.3 Å². The van der Waals surface area contributed by atoms with Crippen LogP contribution in [0.3, 0.4) is 0 Å². The van der Waals surface area contributed by atoms with Crippen molar-refractivity contribution in [1.82, 2.24) is 15.6 Å². The SMILES string of the molecule is Cc1ccc(C(=O)NCCNC(=O)c2cccnc2N2CCOCC2)cc1F. The molecule has 28 heavy (non-hydrogen) atoms. The highest BCUT2D eigenvalue weighted by Crippen LogP contribution is 2.18. The van der Waals surface area contributed by atoms with Crippen LogP contribution in [0.2, 0.25) is 0 Å². The highest BCUT2D eigenvalue weighted by molar-refractivity contribution is 5.99. The lowest BCUT2D eigenvalue weighted by atomic mass is 10.1. The van der Waals surface area contributed by atoms with E-state index in [1.54, 1.807) is 37.4 Å². The number of morpholine rings is 1. The molecule has 0 saturated carbocycles. The lowest BCUT2D eigenvalue weighted by Gasteiger charge is -2.29. The van der Waals surface area contributed by atoms with E-state index in [9.17, 15) is 14.0 Å². The van der Waals surface area contributed by atoms with Gasteiger partial charge in [-0.1, -0.05) is 6.07 Å². The summed E-state index contributed by atoms with van der Waals surface area (Å²) in [5.74, 6) is -0.440. The van der Waals surface area contributed by atoms with Crippen LogP contribution in [0.15, 0.2) is 36.5 Å². The number of carbonyl (C=O) groups excluding carboxylic acids is 2. The standard InChI is InChI=1S/C20H23FN4O3/c1-14-4-5-15(13-17(14)21)19(26)23-7-8-24-20(27)16-3-2-6-22-18(16)25-9-11-28-12-10-25/h2-6,13H,7-12H2,1H3,(H,23,26)(H,24,27). The average molecular weight is 386 g/mol. The zero-order valence-corrected chi connectivity index (χ0v) is 15.7. The number of ether oxygens (including phenoxy) is 1. The van der Waals surface area contributed by atoms with Crippen LogP contribution in [0.4, 0.5) is 10.2 Å². The Balaban J connectivity index is 1.52. The summed E-state index contributed by atoms with van der Waals surface area (Å²) in [5, 5.41) is 5.45. The molecule has 1 fully saturated rings. The van der Waals surface area contributed by atoms with E-state index in [1.807, 2.05) is 4.90 Å². The van der Waals surface area contributed by atoms with Crippen LogP contribution >= 0.6 is 0 Å². The minimum Gasteiger partial charge on any atom is -0.378 e. The van der Waals surface area contributed by atoms with Crippen molar-refractivity contribution in [2.45, 2.75) is 6.92 Å². The Hall–Kier alpha value is -3.00. The van der Waals surface area contributed by atoms with Crippen LogP contribution in [-0.2, 0) is 4.74 Å². The highest BCUT2D eigenvalue weighted by Gasteiger charge is 2.19. The molecule has 3 rings (SSSR count). The molecular weight excluding hydrogens is 363 g/mol. The van der Waals surface area contributed by atoms with Gasteiger partial charge in [-0.25, -0.2) is 9.37 Å². The Kier molecular flexibility index (Phi) is 6.54. The van der Waals surface area contributed by atoms with E-state index >= 15 is 0 Å². The lowest BCUT2D eigenvalue weighted by Crippen LogP contribution is -2.39. The maximum Gasteiger partial charge on any atom is 0.255 e. The van der Waals surface area contributed by atoms with Gasteiger partial charge in [-0.3, -0.25) is 9.59 Å². The smallest absolute Gasteiger partial charge is 0.255 e. The molecule has 1 aliphatic rings. The fraction of sp³-hybridized carbons (Fsp3) is 0.350. The Bertz CT molecular complexity index is 853. The fourth-order valence-corrected chi connectivity index (χ4v) is 2.88. The first kappa shape index (κ1) is 19.8. The number of pyridine rings is 1. The summed E-state index contributed by atoms with van der Waals surface area (Å²) in [4.78, 5) is 31.0. The van der Waals surface area contributed by atoms with Gasteiger partial charge >= 0.3 is 0 Å². The molecule has 7 nitrogen and oxygen atoms in total. The minimum atomic E-state index is -0.423. The van der Waals surface area contributed by atoms with Crippen molar-refractivity contribution in [3.63, 3.8) is 0 Å². The predicted octanol–water partition coefficient (Wildman–Crippen LogP) is 1.53. The third-order valence-electron chi connectivity index (χ3n) is 4.47. The van der Waals surface area contributed by atoms with Crippen molar-refractivity contribution in [2.24, 2.45) is 0 Å². The third-order valence-corrected chi connectivity index (χ3v) is 4.47. The van der Waals surface area contributed by atoms with E-state index in [2.05, 4.69) is 15.6 Å². The van der Waals surface area contributed by atoms with Gasteiger partial charge in [-0.15, -0.1) is 0 Å². The van der Waals surface area contributed by atoms with Crippen LogP contribution in [0, 0.1) is 12.7 Å². The number of benzene rings is 1. The average Bonchev–Trinajstić information content (AvgIpc) is 2.73. The topological polar surface area (TPSA) is 83.6 Å². The molecule has 0 bridgehead atoms. The van der Waals surface area contributed by atoms with Crippen LogP contribution in [0.25, 0.3) is 0 Å². The number of amides is 2. The molecule has 1 aromatic carbocycles. The maximum atomic E-state index is 13.6. The molecule has 148 valence electrons. The number of aromatic nitrogens is 1. The molecule has 0 spiro atoms. The van der Waals surface area contributed by atoms with Crippen LogP contribution in [-0.4, -0.2) is 56.2 Å². The Labute approximate surface area is 162 Å². The second-order valence-corrected chi connectivity index (χ2v) is 6.45. The molecule has 2 N–H and O–H groups in total. The van der Waals surface area contributed by atoms with E-state index in [4.69, 9.17) is 4.74 Å². The van der Waals surface area contributed by atoms with Crippen LogP contribution in [0.5, 0.6) is 0 Å². The molecule has 8 heteroatoms. The first-order chi connectivity index (χ1) is 13.6. The van der Waals surface area contributed by atoms with Gasteiger partial charge < -0.3 is 20.3 Å². The normalized spacial score (nSPS) is 13.9. The van der Waals surface area contributed by atoms with E-state index in [0.29, 0.717) is 43.2 Å². The van der Waals surface area contributed by atoms with Gasteiger partial charge in [0.15, 0.2) is 0 Å². The maximum absolute atomic E-state index is 13.6. The molecule has 0 atom stereocenters. The Morgan fingerprint density at radius 2 is 1.86 bits per heavy atom. The third kappa shape index (κ3) is 4.83. The molecule has 2 heterocycles. The zero-order chi connectivity index (χ0) is 19.9. The van der Waals surface area contributed by atoms with Gasteiger partial charge in [0.2, 0.25) is 0 Å². The molecule has 1 aromatic heterocycles. The van der Waals surface area contributed by atoms with Gasteiger partial charge in [-0.2, -0.15) is 0 Å². The van der Waals surface area contributed by atoms with Crippen molar-refractivity contribution in [3.05, 3.63) is 59.0 Å². The monoisotopic (exact) mass is 386 g/mol. The van der Waals surface area contributed by atoms with Crippen molar-refractivity contribution in [1.29, 1.82) is 0 Å². The van der Waals surface area contributed by atoms with E-state index in [-0.39, 0.29) is 30.5 Å². The lowest BCUT2D eigenvalue weighted by molar-refractivity contribution is 0.0926. The molecule has 0 unspecified atom stereocenters. The number of nitrogens with one attached hydrogen (secondary N) is 2. The number of carbonyl (C=O) groups is 2. The summed E-state index contributed by atoms with van der Waals surface area (Å²) in [6, 6.07) is 7.76. The Morgan fingerprint density at radius 3 is 2.57 bits per heavy atom. The molecule has 1 aliphatic heterocycles. The van der Waals surface area contributed by atoms with Gasteiger partial charge in [0, 0.05) is 37.9 Å². The first-order valence-electron chi connectivity index (χ1n) is 9.16. The van der Waals surface area contributed by atoms with E-state index < -0.39 is 5.82 Å². The molecule has 0 radical (unpaired) electrons. The van der Waals surface area contributed by atoms with E-state index in [1.165, 1.54) is 6.07 Å². The largest absolute Gasteiger partial charge is 0.378 e. The number of halogens is 1. The summed E-state index contributed by atoms with van der Waals surface area (Å²) in [6.45, 7) is 4.67. The van der Waals surface area contributed by atoms with Crippen molar-refractivity contribution in [2.75, 3.05) is 44.3 Å². The predicted molar refractivity (Wildman–Crippen MR) is 103 cm³/mol. The molecule has 2 amide bonds. The van der Waals surface area contributed by atoms with Gasteiger partial charge in [0.25, 0.3) is 11.8 Å². The van der Waals surface area contributed by atoms with Gasteiger partial charge in [0.05, 0.1) is 18.8 Å². The summed E-state index contributed by atoms with van der Waals surface area (Å²) >= 11 is 0. The number of hydrogen-bond donors (Lipinski definition) is 2. The quantitative estimate of drug-likeness (QED) is 0.736. The number of aryl methyl sites for hydroxylation is 1. The number of anilines is 1. The Morgan fingerprint density at radius 1 is 1.14 bits per heavy atom. The van der Waals surface area contributed by atoms with Gasteiger partial charge in [0.1, 0.15) is 11.6 Å². The molecule has 2 aromatic rings. The highest BCUT2D eigenvalue weighted by atomic mass is 19.1. The van der Waals surface area contributed by atoms with E-state index in [0.717, 1.165) is 0 Å². The van der Waals surface area contributed by atoms with Crippen LogP contribution < -0.4 is 15.5 Å². The molecule has 1 saturated heterocycles. The van der Waals surface area contributed by atoms with Gasteiger partial charge in [-0.05, 0) is 36.8 Å². The fourth-order valence-electron chi connectivity index (χ4n) is 2.88. The first-order valence-corrected chi connectivity index (χ1v) is 9.16. The zero-order valence-electron chi connectivity index (χ0n) is 15.7. The number of nitrogens with zero attached hydrogens (tertiary/aromatic N) is 2. The second-order valence-electron chi connectivity index (χ2n) is 6.45. The van der Waals surface area contributed by atoms with Crippen molar-refractivity contribution in [3.8, 4) is 0 Å². The summed E-state index contributed by atoms with van der Waals surface area (Å²) in [7, 11) is 0. The number of rotatable bonds is 6. The van der Waals surface area contributed by atoms with Crippen molar-refractivity contribution >= 4 is 17.6 Å². The van der Waals surface area contributed by atoms with Crippen molar-refractivity contribution < 1.29 is 18.7 Å².